The fourth-order valence-electron chi connectivity index (χ4n) is 5.78. The second-order valence-corrected chi connectivity index (χ2v) is 14.5. The molecule has 0 unspecified atom stereocenters. The quantitative estimate of drug-likeness (QED) is 0.0733. The molecule has 55 heavy (non-hydrogen) atoms. The van der Waals surface area contributed by atoms with E-state index >= 15 is 0 Å². The number of para-hydroxylation sites is 1. The maximum atomic E-state index is 14.1. The molecule has 0 spiro atoms. The molecule has 0 saturated heterocycles. The lowest BCUT2D eigenvalue weighted by Crippen LogP contribution is -2.61. The maximum Gasteiger partial charge on any atom is 0.326 e. The summed E-state index contributed by atoms with van der Waals surface area (Å²) in [7, 11) is 0. The van der Waals surface area contributed by atoms with Crippen LogP contribution in [0, 0.1) is 17.8 Å². The topological polar surface area (TPSA) is 271 Å². The molecule has 1 aromatic carbocycles. The molecule has 2 aromatic rings. The van der Waals surface area contributed by atoms with E-state index in [1.807, 2.05) is 38.1 Å². The second-order valence-electron chi connectivity index (χ2n) is 14.1. The molecule has 1 aromatic heterocycles. The molecule has 10 N–H and O–H groups in total. The molecule has 304 valence electrons. The monoisotopic (exact) mass is 788 g/mol. The summed E-state index contributed by atoms with van der Waals surface area (Å²) < 4.78 is 0. The first kappa shape index (κ1) is 46.0. The van der Waals surface area contributed by atoms with Crippen molar-refractivity contribution in [3.8, 4) is 0 Å². The third kappa shape index (κ3) is 13.6. The highest BCUT2D eigenvalue weighted by atomic mass is 32.1. The van der Waals surface area contributed by atoms with Crippen LogP contribution in [0.25, 0.3) is 10.9 Å². The summed E-state index contributed by atoms with van der Waals surface area (Å²) in [6.07, 6.45) is 2.05. The number of carboxylic acid groups (broad SMARTS) is 1. The number of thiol groups is 1. The molecule has 0 radical (unpaired) electrons. The predicted octanol–water partition coefficient (Wildman–Crippen LogP) is 0.277. The maximum absolute atomic E-state index is 14.1. The Morgan fingerprint density at radius 1 is 0.709 bits per heavy atom. The van der Waals surface area contributed by atoms with Crippen LogP contribution in [0.15, 0.2) is 30.5 Å². The second kappa shape index (κ2) is 21.7. The number of benzene rings is 1. The number of aliphatic carboxylic acids is 1. The van der Waals surface area contributed by atoms with E-state index in [4.69, 9.17) is 5.73 Å². The number of carboxylic acids is 1. The van der Waals surface area contributed by atoms with Crippen LogP contribution in [-0.4, -0.2) is 99.4 Å². The Hall–Kier alpha value is -5.13. The smallest absolute Gasteiger partial charge is 0.326 e. The average Bonchev–Trinajstić information content (AvgIpc) is 3.54. The van der Waals surface area contributed by atoms with Crippen LogP contribution >= 0.6 is 12.6 Å². The average molecular weight is 789 g/mol. The number of amides is 7. The number of aromatic nitrogens is 1. The van der Waals surface area contributed by atoms with Gasteiger partial charge in [0.15, 0.2) is 0 Å². The Labute approximate surface area is 326 Å². The van der Waals surface area contributed by atoms with Gasteiger partial charge < -0.3 is 47.7 Å². The third-order valence-electron chi connectivity index (χ3n) is 9.46. The van der Waals surface area contributed by atoms with Crippen LogP contribution in [0.3, 0.4) is 0 Å². The number of hydrogen-bond donors (Lipinski definition) is 10. The molecular formula is C37H56N8O9S. The van der Waals surface area contributed by atoms with Crippen molar-refractivity contribution in [3.63, 3.8) is 0 Å². The number of rotatable bonds is 22. The number of primary amides is 1. The molecule has 18 heteroatoms. The van der Waals surface area contributed by atoms with Crippen LogP contribution in [-0.2, 0) is 44.8 Å². The van der Waals surface area contributed by atoms with Gasteiger partial charge in [-0.2, -0.15) is 12.6 Å². The number of H-pyrrole nitrogens is 1. The number of nitrogens with one attached hydrogen (secondary N) is 7. The van der Waals surface area contributed by atoms with Crippen molar-refractivity contribution in [2.75, 3.05) is 5.75 Å². The minimum Gasteiger partial charge on any atom is -0.480 e. The van der Waals surface area contributed by atoms with Crippen molar-refractivity contribution in [2.45, 2.75) is 110 Å². The Balaban J connectivity index is 2.41. The molecular weight excluding hydrogens is 733 g/mol. The van der Waals surface area contributed by atoms with E-state index in [-0.39, 0.29) is 18.1 Å². The minimum atomic E-state index is -1.63. The van der Waals surface area contributed by atoms with E-state index in [1.54, 1.807) is 33.9 Å². The van der Waals surface area contributed by atoms with Crippen LogP contribution in [0.1, 0.15) is 73.3 Å². The van der Waals surface area contributed by atoms with Gasteiger partial charge in [-0.05, 0) is 29.4 Å². The Bertz CT molecular complexity index is 1700. The van der Waals surface area contributed by atoms with Gasteiger partial charge in [0.25, 0.3) is 0 Å². The van der Waals surface area contributed by atoms with Crippen molar-refractivity contribution < 1.29 is 43.5 Å². The minimum absolute atomic E-state index is 0.0292. The van der Waals surface area contributed by atoms with Gasteiger partial charge in [-0.15, -0.1) is 0 Å². The lowest BCUT2D eigenvalue weighted by atomic mass is 9.94. The van der Waals surface area contributed by atoms with Crippen LogP contribution in [0.2, 0.25) is 0 Å². The van der Waals surface area contributed by atoms with Crippen molar-refractivity contribution >= 4 is 70.9 Å². The summed E-state index contributed by atoms with van der Waals surface area (Å²) in [5.41, 5.74) is 6.58. The van der Waals surface area contributed by atoms with E-state index in [9.17, 15) is 43.5 Å². The van der Waals surface area contributed by atoms with Crippen molar-refractivity contribution in [2.24, 2.45) is 23.5 Å². The van der Waals surface area contributed by atoms with Gasteiger partial charge in [0.05, 0.1) is 6.42 Å². The van der Waals surface area contributed by atoms with Gasteiger partial charge in [0.1, 0.15) is 36.3 Å². The fraction of sp³-hybridized carbons (Fsp3) is 0.568. The van der Waals surface area contributed by atoms with Crippen molar-refractivity contribution in [1.82, 2.24) is 36.9 Å². The third-order valence-corrected chi connectivity index (χ3v) is 9.83. The molecule has 0 aliphatic carbocycles. The van der Waals surface area contributed by atoms with E-state index in [1.165, 1.54) is 6.92 Å². The predicted molar refractivity (Wildman–Crippen MR) is 208 cm³/mol. The highest BCUT2D eigenvalue weighted by molar-refractivity contribution is 7.80. The van der Waals surface area contributed by atoms with E-state index in [2.05, 4.69) is 49.5 Å². The number of carbonyl (C=O) groups is 8. The highest BCUT2D eigenvalue weighted by Crippen LogP contribution is 2.20. The molecule has 0 saturated carbocycles. The van der Waals surface area contributed by atoms with Gasteiger partial charge in [-0.25, -0.2) is 4.79 Å². The zero-order valence-corrected chi connectivity index (χ0v) is 33.3. The van der Waals surface area contributed by atoms with Gasteiger partial charge in [0.2, 0.25) is 41.4 Å². The summed E-state index contributed by atoms with van der Waals surface area (Å²) in [5, 5.41) is 25.8. The van der Waals surface area contributed by atoms with Gasteiger partial charge in [-0.1, -0.05) is 72.6 Å². The first-order chi connectivity index (χ1) is 25.8. The van der Waals surface area contributed by atoms with Crippen LogP contribution in [0.5, 0.6) is 0 Å². The fourth-order valence-corrected chi connectivity index (χ4v) is 6.03. The first-order valence-corrected chi connectivity index (χ1v) is 18.9. The van der Waals surface area contributed by atoms with Gasteiger partial charge in [0, 0.05) is 36.2 Å². The summed E-state index contributed by atoms with van der Waals surface area (Å²) in [6.45, 7) is 11.8. The molecule has 0 aliphatic rings. The van der Waals surface area contributed by atoms with Crippen molar-refractivity contribution in [1.29, 1.82) is 0 Å². The highest BCUT2D eigenvalue weighted by Gasteiger charge is 2.36. The van der Waals surface area contributed by atoms with Crippen LogP contribution < -0.4 is 37.6 Å². The number of aromatic amines is 1. The molecule has 8 atom stereocenters. The zero-order valence-electron chi connectivity index (χ0n) is 32.4. The Morgan fingerprint density at radius 2 is 1.20 bits per heavy atom. The number of nitrogens with two attached hydrogens (primary N) is 1. The molecule has 7 amide bonds. The Morgan fingerprint density at radius 3 is 1.73 bits per heavy atom. The molecule has 1 heterocycles. The van der Waals surface area contributed by atoms with Gasteiger partial charge in [-0.3, -0.25) is 33.6 Å². The molecule has 2 rings (SSSR count). The summed E-state index contributed by atoms with van der Waals surface area (Å²) in [6, 6.07) is -0.177. The number of carbonyl (C=O) groups excluding carboxylic acids is 7. The SMILES string of the molecule is CC[C@H](C)[C@H](NC(C)=O)C(=O)N[C@H](C(=O)N[C@@H](Cc1c[nH]c2ccccc12)C(=O)N[C@@H](CS)C(=O)N[C@H](C(=O)N[C@@H](CC(N)=O)C(=O)O)C(C)C)[C@@H](C)CC. The van der Waals surface area contributed by atoms with E-state index in [0.717, 1.165) is 10.9 Å². The zero-order chi connectivity index (χ0) is 41.6. The van der Waals surface area contributed by atoms with Crippen LogP contribution in [0.4, 0.5) is 0 Å². The first-order valence-electron chi connectivity index (χ1n) is 18.3. The number of hydrogen-bond acceptors (Lipinski definition) is 9. The summed E-state index contributed by atoms with van der Waals surface area (Å²) in [4.78, 5) is 106. The molecule has 0 bridgehead atoms. The lowest BCUT2D eigenvalue weighted by molar-refractivity contribution is -0.144. The lowest BCUT2D eigenvalue weighted by Gasteiger charge is -2.30. The summed E-state index contributed by atoms with van der Waals surface area (Å²) in [5.74, 6) is -7.99. The molecule has 17 nitrogen and oxygen atoms in total. The molecule has 0 fully saturated rings. The standard InChI is InChI=1S/C37H56N8O9S/c1-8-19(5)30(40-21(7)46)36(52)45-31(20(6)9-2)35(51)41-25(14-22-16-39-24-13-11-10-12-23(22)24)32(48)43-27(17-55)33(49)44-29(18(3)4)34(50)42-26(37(53)54)15-28(38)47/h10-13,16,18-20,25-27,29-31,39,55H,8-9,14-15,17H2,1-7H3,(H2,38,47)(H,40,46)(H,41,51)(H,42,50)(H,43,48)(H,44,49)(H,45,52)(H,53,54)/t19-,20-,25-,26-,27-,29-,30-,31-/m0/s1. The van der Waals surface area contributed by atoms with E-state index < -0.39 is 102 Å². The normalized spacial score (nSPS) is 15.6. The van der Waals surface area contributed by atoms with E-state index in [0.29, 0.717) is 18.4 Å². The Kier molecular flexibility index (Phi) is 18.1. The van der Waals surface area contributed by atoms with Gasteiger partial charge >= 0.3 is 5.97 Å². The summed E-state index contributed by atoms with van der Waals surface area (Å²) >= 11 is 4.25. The number of fused-ring (bicyclic) bond motifs is 1. The molecule has 0 aliphatic heterocycles. The van der Waals surface area contributed by atoms with Crippen molar-refractivity contribution in [3.05, 3.63) is 36.0 Å². The largest absolute Gasteiger partial charge is 0.480 e.